The molecule has 0 aliphatic rings. The highest BCUT2D eigenvalue weighted by molar-refractivity contribution is 5.77. The lowest BCUT2D eigenvalue weighted by Gasteiger charge is -2.13. The maximum Gasteiger partial charge on any atom is 0.221 e. The molecule has 1 rings (SSSR count). The van der Waals surface area contributed by atoms with Gasteiger partial charge in [-0.05, 0) is 18.9 Å². The standard InChI is InChI=1S/C14H18N2O/c1-3-11(2)16-14(17)9-13(10-15)12-7-5-4-6-8-12/h4-8,11,13H,3,9H2,1-2H3,(H,16,17). The molecule has 2 atom stereocenters. The van der Waals surface area contributed by atoms with Crippen molar-refractivity contribution >= 4 is 5.91 Å². The van der Waals surface area contributed by atoms with Crippen LogP contribution in [0.15, 0.2) is 30.3 Å². The van der Waals surface area contributed by atoms with Gasteiger partial charge in [-0.3, -0.25) is 4.79 Å². The Morgan fingerprint density at radius 3 is 2.59 bits per heavy atom. The van der Waals surface area contributed by atoms with Crippen LogP contribution in [0.25, 0.3) is 0 Å². The van der Waals surface area contributed by atoms with Crippen LogP contribution >= 0.6 is 0 Å². The summed E-state index contributed by atoms with van der Waals surface area (Å²) in [6.45, 7) is 3.98. The quantitative estimate of drug-likeness (QED) is 0.845. The van der Waals surface area contributed by atoms with Gasteiger partial charge in [0.2, 0.25) is 5.91 Å². The molecule has 0 heterocycles. The van der Waals surface area contributed by atoms with Gasteiger partial charge in [0.05, 0.1) is 12.0 Å². The van der Waals surface area contributed by atoms with Gasteiger partial charge in [0.25, 0.3) is 0 Å². The van der Waals surface area contributed by atoms with Gasteiger partial charge in [-0.15, -0.1) is 0 Å². The van der Waals surface area contributed by atoms with E-state index in [4.69, 9.17) is 5.26 Å². The van der Waals surface area contributed by atoms with Gasteiger partial charge in [-0.25, -0.2) is 0 Å². The Kier molecular flexibility index (Phi) is 5.22. The molecule has 0 fully saturated rings. The minimum atomic E-state index is -0.361. The van der Waals surface area contributed by atoms with E-state index in [1.165, 1.54) is 0 Å². The largest absolute Gasteiger partial charge is 0.354 e. The molecule has 0 saturated carbocycles. The smallest absolute Gasteiger partial charge is 0.221 e. The lowest BCUT2D eigenvalue weighted by Crippen LogP contribution is -2.32. The Bertz CT molecular complexity index is 394. The third-order valence-electron chi connectivity index (χ3n) is 2.77. The van der Waals surface area contributed by atoms with Crippen molar-refractivity contribution in [2.45, 2.75) is 38.6 Å². The zero-order valence-electron chi connectivity index (χ0n) is 10.3. The summed E-state index contributed by atoms with van der Waals surface area (Å²) in [6, 6.07) is 11.8. The summed E-state index contributed by atoms with van der Waals surface area (Å²) in [5.74, 6) is -0.421. The number of nitriles is 1. The molecular formula is C14H18N2O. The average Bonchev–Trinajstić information content (AvgIpc) is 2.36. The minimum Gasteiger partial charge on any atom is -0.354 e. The van der Waals surface area contributed by atoms with Crippen LogP contribution in [0.5, 0.6) is 0 Å². The first kappa shape index (κ1) is 13.2. The van der Waals surface area contributed by atoms with Gasteiger partial charge in [0.1, 0.15) is 0 Å². The van der Waals surface area contributed by atoms with Crippen LogP contribution in [0.3, 0.4) is 0 Å². The van der Waals surface area contributed by atoms with Crippen molar-refractivity contribution in [1.82, 2.24) is 5.32 Å². The first-order chi connectivity index (χ1) is 8.17. The third kappa shape index (κ3) is 4.28. The summed E-state index contributed by atoms with van der Waals surface area (Å²) in [5.41, 5.74) is 0.898. The van der Waals surface area contributed by atoms with Crippen molar-refractivity contribution in [2.24, 2.45) is 0 Å². The summed E-state index contributed by atoms with van der Waals surface area (Å²) in [7, 11) is 0. The fourth-order valence-corrected chi connectivity index (χ4v) is 1.54. The van der Waals surface area contributed by atoms with Gasteiger partial charge in [-0.2, -0.15) is 5.26 Å². The predicted octanol–water partition coefficient (Wildman–Crippen LogP) is 2.60. The molecule has 0 spiro atoms. The summed E-state index contributed by atoms with van der Waals surface area (Å²) in [5, 5.41) is 12.0. The van der Waals surface area contributed by atoms with Gasteiger partial charge >= 0.3 is 0 Å². The Labute approximate surface area is 102 Å². The van der Waals surface area contributed by atoms with Crippen LogP contribution in [0.2, 0.25) is 0 Å². The number of hydrogen-bond acceptors (Lipinski definition) is 2. The summed E-state index contributed by atoms with van der Waals surface area (Å²) in [6.07, 6.45) is 1.12. The maximum atomic E-state index is 11.7. The molecule has 0 saturated heterocycles. The van der Waals surface area contributed by atoms with Crippen molar-refractivity contribution in [2.75, 3.05) is 0 Å². The molecule has 0 bridgehead atoms. The Morgan fingerprint density at radius 1 is 1.41 bits per heavy atom. The first-order valence-electron chi connectivity index (χ1n) is 5.91. The number of benzene rings is 1. The van der Waals surface area contributed by atoms with Crippen molar-refractivity contribution in [1.29, 1.82) is 5.26 Å². The number of nitrogens with zero attached hydrogens (tertiary/aromatic N) is 1. The topological polar surface area (TPSA) is 52.9 Å². The molecule has 1 amide bonds. The van der Waals surface area contributed by atoms with Crippen LogP contribution < -0.4 is 5.32 Å². The summed E-state index contributed by atoms with van der Waals surface area (Å²) in [4.78, 5) is 11.7. The van der Waals surface area contributed by atoms with E-state index in [0.29, 0.717) is 0 Å². The second-order valence-corrected chi connectivity index (χ2v) is 4.17. The van der Waals surface area contributed by atoms with Crippen LogP contribution in [0, 0.1) is 11.3 Å². The van der Waals surface area contributed by atoms with E-state index in [2.05, 4.69) is 11.4 Å². The van der Waals surface area contributed by atoms with E-state index in [1.54, 1.807) is 0 Å². The van der Waals surface area contributed by atoms with E-state index in [9.17, 15) is 4.79 Å². The molecule has 3 nitrogen and oxygen atoms in total. The second-order valence-electron chi connectivity index (χ2n) is 4.17. The molecule has 90 valence electrons. The average molecular weight is 230 g/mol. The molecule has 3 heteroatoms. The monoisotopic (exact) mass is 230 g/mol. The number of carbonyl (C=O) groups is 1. The number of hydrogen-bond donors (Lipinski definition) is 1. The Balaban J connectivity index is 2.60. The zero-order chi connectivity index (χ0) is 12.7. The number of nitrogens with one attached hydrogen (secondary N) is 1. The number of amides is 1. The lowest BCUT2D eigenvalue weighted by molar-refractivity contribution is -0.121. The van der Waals surface area contributed by atoms with Gasteiger partial charge < -0.3 is 5.32 Å². The molecular weight excluding hydrogens is 212 g/mol. The highest BCUT2D eigenvalue weighted by Gasteiger charge is 2.15. The lowest BCUT2D eigenvalue weighted by atomic mass is 9.97. The summed E-state index contributed by atoms with van der Waals surface area (Å²) >= 11 is 0. The SMILES string of the molecule is CCC(C)NC(=O)CC(C#N)c1ccccc1. The van der Waals surface area contributed by atoms with E-state index in [0.717, 1.165) is 12.0 Å². The third-order valence-corrected chi connectivity index (χ3v) is 2.77. The van der Waals surface area contributed by atoms with Crippen molar-refractivity contribution in [3.63, 3.8) is 0 Å². The van der Waals surface area contributed by atoms with Crippen LogP contribution in [0.4, 0.5) is 0 Å². The Hall–Kier alpha value is -1.82. The van der Waals surface area contributed by atoms with E-state index >= 15 is 0 Å². The molecule has 1 N–H and O–H groups in total. The van der Waals surface area contributed by atoms with Gasteiger partial charge in [0, 0.05) is 12.5 Å². The fourth-order valence-electron chi connectivity index (χ4n) is 1.54. The zero-order valence-corrected chi connectivity index (χ0v) is 10.3. The second kappa shape index (κ2) is 6.70. The van der Waals surface area contributed by atoms with Crippen LogP contribution in [0.1, 0.15) is 38.2 Å². The molecule has 2 unspecified atom stereocenters. The fraction of sp³-hybridized carbons (Fsp3) is 0.429. The van der Waals surface area contributed by atoms with E-state index in [1.807, 2.05) is 44.2 Å². The van der Waals surface area contributed by atoms with E-state index < -0.39 is 0 Å². The number of rotatable bonds is 5. The molecule has 0 aromatic heterocycles. The minimum absolute atomic E-state index is 0.0604. The molecule has 0 aliphatic carbocycles. The molecule has 1 aromatic carbocycles. The highest BCUT2D eigenvalue weighted by atomic mass is 16.1. The van der Waals surface area contributed by atoms with Crippen molar-refractivity contribution < 1.29 is 4.79 Å². The Morgan fingerprint density at radius 2 is 2.06 bits per heavy atom. The molecule has 0 aliphatic heterocycles. The van der Waals surface area contributed by atoms with Crippen LogP contribution in [-0.2, 0) is 4.79 Å². The van der Waals surface area contributed by atoms with Crippen molar-refractivity contribution in [3.05, 3.63) is 35.9 Å². The van der Waals surface area contributed by atoms with Crippen LogP contribution in [-0.4, -0.2) is 11.9 Å². The maximum absolute atomic E-state index is 11.7. The van der Waals surface area contributed by atoms with E-state index in [-0.39, 0.29) is 24.3 Å². The molecule has 1 aromatic rings. The normalized spacial score (nSPS) is 13.5. The molecule has 17 heavy (non-hydrogen) atoms. The number of carbonyl (C=O) groups excluding carboxylic acids is 1. The van der Waals surface area contributed by atoms with Crippen molar-refractivity contribution in [3.8, 4) is 6.07 Å². The first-order valence-corrected chi connectivity index (χ1v) is 5.91. The van der Waals surface area contributed by atoms with Gasteiger partial charge in [-0.1, -0.05) is 37.3 Å². The summed E-state index contributed by atoms with van der Waals surface area (Å²) < 4.78 is 0. The highest BCUT2D eigenvalue weighted by Crippen LogP contribution is 2.18. The molecule has 0 radical (unpaired) electrons. The van der Waals surface area contributed by atoms with Gasteiger partial charge in [0.15, 0.2) is 0 Å². The predicted molar refractivity (Wildman–Crippen MR) is 67.3 cm³/mol.